The number of hydrogen-bond acceptors (Lipinski definition) is 14. The van der Waals surface area contributed by atoms with E-state index in [2.05, 4.69) is 0 Å². The van der Waals surface area contributed by atoms with Gasteiger partial charge in [-0.2, -0.15) is 0 Å². The lowest BCUT2D eigenvalue weighted by molar-refractivity contribution is -0.362. The number of carbonyl (C=O) groups is 3. The lowest BCUT2D eigenvalue weighted by Crippen LogP contribution is -2.65. The summed E-state index contributed by atoms with van der Waals surface area (Å²) < 4.78 is 49.1. The van der Waals surface area contributed by atoms with Crippen LogP contribution in [0, 0.1) is 0 Å². The average molecular weight is 824 g/mol. The van der Waals surface area contributed by atoms with Crippen LogP contribution in [-0.2, 0) is 55.0 Å². The topological polar surface area (TPSA) is 178 Å². The molecule has 0 saturated carbocycles. The van der Waals surface area contributed by atoms with Crippen LogP contribution in [0.4, 0.5) is 0 Å². The molecule has 304 valence electrons. The molecule has 14 nitrogen and oxygen atoms in total. The number of hydrogen-bond donors (Lipinski definition) is 2. The number of aromatic nitrogens is 1. The zero-order valence-corrected chi connectivity index (χ0v) is 32.8. The molecule has 4 aromatic carbocycles. The fourth-order valence-electron chi connectivity index (χ4n) is 8.41. The molecule has 2 saturated heterocycles. The van der Waals surface area contributed by atoms with Gasteiger partial charge in [0.15, 0.2) is 30.4 Å². The first-order chi connectivity index (χ1) is 28.4. The van der Waals surface area contributed by atoms with Crippen molar-refractivity contribution in [3.05, 3.63) is 112 Å². The second-order valence-corrected chi connectivity index (χ2v) is 15.2. The first kappa shape index (κ1) is 38.7. The molecule has 2 unspecified atom stereocenters. The second-order valence-electron chi connectivity index (χ2n) is 14.7. The summed E-state index contributed by atoms with van der Waals surface area (Å²) in [6.07, 6.45) is -4.32. The molecule has 7 atom stereocenters. The molecule has 1 aromatic heterocycles. The zero-order chi connectivity index (χ0) is 41.2. The van der Waals surface area contributed by atoms with E-state index in [0.29, 0.717) is 50.2 Å². The first-order valence-electron chi connectivity index (χ1n) is 19.1. The van der Waals surface area contributed by atoms with Gasteiger partial charge >= 0.3 is 17.9 Å². The SMILES string of the molecule is CCCC1OC[C@H]2O[C@@H](OCc3cc(-c4c(O)ccc5c4Oc4cc(O)ccc4C54OC(=O)c5ccccc54)nc4ccc(Cl)cc34)[C@H](OC(C)=O)[C@@H](OC(C)=O)[C@@H]2O1. The summed E-state index contributed by atoms with van der Waals surface area (Å²) in [6.45, 7) is 4.40. The predicted molar refractivity (Wildman–Crippen MR) is 208 cm³/mol. The molecule has 2 N–H and O–H groups in total. The number of ether oxygens (including phenoxy) is 8. The number of pyridine rings is 1. The predicted octanol–water partition coefficient (Wildman–Crippen LogP) is 7.18. The number of fused-ring (bicyclic) bond motifs is 8. The number of aromatic hydroxyl groups is 2. The number of rotatable bonds is 8. The van der Waals surface area contributed by atoms with Crippen LogP contribution in [0.2, 0.25) is 5.02 Å². The summed E-state index contributed by atoms with van der Waals surface area (Å²) in [5.41, 5.74) is 1.74. The van der Waals surface area contributed by atoms with Crippen LogP contribution < -0.4 is 4.74 Å². The standard InChI is InChI=1S/C44H38ClNO13/c1-4-7-36-52-20-35-39(58-36)40(54-21(2)47)41(55-22(3)48)43(57-35)53-19-23-16-32(46-31-14-10-24(45)17-27(23)31)37-33(50)15-13-30-38(37)56-34-18-25(49)11-12-29(34)44(30)28-9-6-5-8-26(28)42(51)59-44/h5-6,8-18,35-36,39-41,43,49-50H,4,7,19-20H2,1-3H3/t35-,36?,39-,40+,41-,43-,44?/m1/s1. The van der Waals surface area contributed by atoms with Crippen LogP contribution in [0.5, 0.6) is 23.0 Å². The average Bonchev–Trinajstić information content (AvgIpc) is 3.49. The molecule has 0 amide bonds. The maximum atomic E-state index is 13.5. The van der Waals surface area contributed by atoms with Gasteiger partial charge in [0.25, 0.3) is 0 Å². The summed E-state index contributed by atoms with van der Waals surface area (Å²) in [4.78, 5) is 43.3. The molecule has 1 spiro atoms. The Morgan fingerprint density at radius 1 is 0.915 bits per heavy atom. The Bertz CT molecular complexity index is 2530. The summed E-state index contributed by atoms with van der Waals surface area (Å²) in [5.74, 6) is -1.77. The van der Waals surface area contributed by atoms with Crippen molar-refractivity contribution in [2.75, 3.05) is 6.61 Å². The summed E-state index contributed by atoms with van der Waals surface area (Å²) in [6, 6.07) is 21.5. The number of halogens is 1. The molecule has 0 aliphatic carbocycles. The van der Waals surface area contributed by atoms with Crippen LogP contribution in [0.25, 0.3) is 22.2 Å². The Balaban J connectivity index is 1.14. The van der Waals surface area contributed by atoms with Crippen molar-refractivity contribution < 1.29 is 62.5 Å². The first-order valence-corrected chi connectivity index (χ1v) is 19.5. The fraction of sp³-hybridized carbons (Fsp3) is 0.318. The van der Waals surface area contributed by atoms with Gasteiger partial charge in [-0.3, -0.25) is 9.59 Å². The molecule has 59 heavy (non-hydrogen) atoms. The van der Waals surface area contributed by atoms with Crippen molar-refractivity contribution in [2.45, 2.75) is 82.8 Å². The fourth-order valence-corrected chi connectivity index (χ4v) is 8.58. The Labute approximate surface area is 342 Å². The van der Waals surface area contributed by atoms with Gasteiger partial charge in [0.05, 0.1) is 35.6 Å². The monoisotopic (exact) mass is 823 g/mol. The number of phenolic OH excluding ortho intramolecular Hbond substituents is 2. The number of carbonyl (C=O) groups excluding carboxylic acids is 3. The van der Waals surface area contributed by atoms with E-state index in [1.54, 1.807) is 60.7 Å². The highest BCUT2D eigenvalue weighted by molar-refractivity contribution is 6.31. The van der Waals surface area contributed by atoms with Crippen molar-refractivity contribution in [3.63, 3.8) is 0 Å². The highest BCUT2D eigenvalue weighted by Crippen LogP contribution is 2.59. The molecule has 15 heteroatoms. The van der Waals surface area contributed by atoms with Crippen LogP contribution in [0.3, 0.4) is 0 Å². The molecule has 5 heterocycles. The minimum absolute atomic E-state index is 0.0896. The number of benzene rings is 4. The van der Waals surface area contributed by atoms with Crippen molar-refractivity contribution in [1.29, 1.82) is 0 Å². The van der Waals surface area contributed by atoms with Crippen molar-refractivity contribution >= 4 is 40.4 Å². The van der Waals surface area contributed by atoms with Crippen molar-refractivity contribution in [3.8, 4) is 34.3 Å². The largest absolute Gasteiger partial charge is 0.508 e. The molecule has 5 aromatic rings. The van der Waals surface area contributed by atoms with Gasteiger partial charge in [-0.15, -0.1) is 0 Å². The third kappa shape index (κ3) is 6.70. The molecule has 0 bridgehead atoms. The van der Waals surface area contributed by atoms with E-state index in [9.17, 15) is 24.6 Å². The number of nitrogens with zero attached hydrogens (tertiary/aromatic N) is 1. The van der Waals surface area contributed by atoms with Crippen LogP contribution in [0.1, 0.15) is 66.2 Å². The highest BCUT2D eigenvalue weighted by atomic mass is 35.5. The van der Waals surface area contributed by atoms with Gasteiger partial charge in [0.2, 0.25) is 0 Å². The molecule has 4 aliphatic heterocycles. The van der Waals surface area contributed by atoms with Gasteiger partial charge in [-0.05, 0) is 66.6 Å². The number of phenols is 2. The van der Waals surface area contributed by atoms with Gasteiger partial charge in [-0.1, -0.05) is 43.1 Å². The maximum absolute atomic E-state index is 13.5. The van der Waals surface area contributed by atoms with E-state index in [-0.39, 0.29) is 47.5 Å². The third-order valence-corrected chi connectivity index (χ3v) is 11.1. The smallest absolute Gasteiger partial charge is 0.340 e. The van der Waals surface area contributed by atoms with E-state index >= 15 is 0 Å². The Kier molecular flexibility index (Phi) is 9.92. The Morgan fingerprint density at radius 2 is 1.69 bits per heavy atom. The maximum Gasteiger partial charge on any atom is 0.340 e. The zero-order valence-electron chi connectivity index (χ0n) is 32.0. The minimum atomic E-state index is -1.49. The second kappa shape index (κ2) is 15.1. The lowest BCUT2D eigenvalue weighted by atomic mass is 9.76. The Hall–Kier alpha value is -5.77. The van der Waals surface area contributed by atoms with E-state index in [0.717, 1.165) is 6.42 Å². The lowest BCUT2D eigenvalue weighted by Gasteiger charge is -2.48. The van der Waals surface area contributed by atoms with Crippen LogP contribution in [-0.4, -0.2) is 76.7 Å². The quantitative estimate of drug-likeness (QED) is 0.119. The van der Waals surface area contributed by atoms with E-state index in [1.165, 1.54) is 32.0 Å². The van der Waals surface area contributed by atoms with Gasteiger partial charge in [-0.25, -0.2) is 9.78 Å². The summed E-state index contributed by atoms with van der Waals surface area (Å²) >= 11 is 6.51. The van der Waals surface area contributed by atoms with Crippen molar-refractivity contribution in [2.24, 2.45) is 0 Å². The minimum Gasteiger partial charge on any atom is -0.508 e. The summed E-state index contributed by atoms with van der Waals surface area (Å²) in [7, 11) is 0. The summed E-state index contributed by atoms with van der Waals surface area (Å²) in [5, 5.41) is 23.2. The van der Waals surface area contributed by atoms with Gasteiger partial charge < -0.3 is 48.1 Å². The molecule has 9 rings (SSSR count). The van der Waals surface area contributed by atoms with E-state index in [4.69, 9.17) is 54.5 Å². The van der Waals surface area contributed by atoms with E-state index < -0.39 is 60.5 Å². The molecular formula is C44H38ClNO13. The van der Waals surface area contributed by atoms with Crippen LogP contribution in [0.15, 0.2) is 78.9 Å². The van der Waals surface area contributed by atoms with Gasteiger partial charge in [0, 0.05) is 47.0 Å². The van der Waals surface area contributed by atoms with E-state index in [1.807, 2.05) is 6.92 Å². The molecule has 4 aliphatic rings. The Morgan fingerprint density at radius 3 is 2.49 bits per heavy atom. The highest BCUT2D eigenvalue weighted by Gasteiger charge is 2.55. The normalized spacial score (nSPS) is 25.3. The van der Waals surface area contributed by atoms with Crippen LogP contribution >= 0.6 is 11.6 Å². The number of esters is 3. The molecular weight excluding hydrogens is 786 g/mol. The third-order valence-electron chi connectivity index (χ3n) is 10.8. The molecule has 2 fully saturated rings. The van der Waals surface area contributed by atoms with Crippen molar-refractivity contribution in [1.82, 2.24) is 4.98 Å². The molecule has 0 radical (unpaired) electrons. The van der Waals surface area contributed by atoms with Gasteiger partial charge in [0.1, 0.15) is 35.2 Å².